The standard InChI is InChI=1S/C19H23N3O/c1-14-18(11-12-19(23)21(3)13-16-9-10-16)15(2)22(20-14)17-7-5-4-6-8-17/h4-8,11-12,16H,9-10,13H2,1-3H3. The van der Waals surface area contributed by atoms with Gasteiger partial charge in [0.25, 0.3) is 0 Å². The third-order valence-electron chi connectivity index (χ3n) is 4.35. The molecule has 1 heterocycles. The number of para-hydroxylation sites is 1. The largest absolute Gasteiger partial charge is 0.342 e. The minimum atomic E-state index is 0.0585. The smallest absolute Gasteiger partial charge is 0.246 e. The summed E-state index contributed by atoms with van der Waals surface area (Å²) in [6.07, 6.45) is 6.06. The lowest BCUT2D eigenvalue weighted by Crippen LogP contribution is -2.26. The molecule has 0 radical (unpaired) electrons. The molecule has 0 saturated heterocycles. The summed E-state index contributed by atoms with van der Waals surface area (Å²) in [5.74, 6) is 0.768. The van der Waals surface area contributed by atoms with Gasteiger partial charge in [-0.05, 0) is 50.8 Å². The van der Waals surface area contributed by atoms with Crippen molar-refractivity contribution in [3.8, 4) is 5.69 Å². The van der Waals surface area contributed by atoms with E-state index in [1.54, 1.807) is 11.0 Å². The number of carbonyl (C=O) groups is 1. The van der Waals surface area contributed by atoms with Crippen LogP contribution in [-0.2, 0) is 4.79 Å². The van der Waals surface area contributed by atoms with E-state index >= 15 is 0 Å². The molecule has 0 unspecified atom stereocenters. The van der Waals surface area contributed by atoms with Crippen LogP contribution in [0.4, 0.5) is 0 Å². The molecule has 0 aliphatic heterocycles. The van der Waals surface area contributed by atoms with Crippen LogP contribution in [0.25, 0.3) is 11.8 Å². The third kappa shape index (κ3) is 3.52. The van der Waals surface area contributed by atoms with E-state index in [4.69, 9.17) is 0 Å². The van der Waals surface area contributed by atoms with E-state index in [0.29, 0.717) is 5.92 Å². The lowest BCUT2D eigenvalue weighted by molar-refractivity contribution is -0.124. The molecule has 0 N–H and O–H groups in total. The number of amides is 1. The maximum absolute atomic E-state index is 12.2. The molecule has 23 heavy (non-hydrogen) atoms. The maximum atomic E-state index is 12.2. The van der Waals surface area contributed by atoms with Gasteiger partial charge >= 0.3 is 0 Å². The van der Waals surface area contributed by atoms with Gasteiger partial charge in [-0.15, -0.1) is 0 Å². The van der Waals surface area contributed by atoms with E-state index in [-0.39, 0.29) is 5.91 Å². The highest BCUT2D eigenvalue weighted by atomic mass is 16.2. The van der Waals surface area contributed by atoms with Crippen molar-refractivity contribution in [2.45, 2.75) is 26.7 Å². The van der Waals surface area contributed by atoms with Crippen LogP contribution in [0.5, 0.6) is 0 Å². The Morgan fingerprint density at radius 2 is 2.00 bits per heavy atom. The lowest BCUT2D eigenvalue weighted by atomic mass is 10.1. The fourth-order valence-corrected chi connectivity index (χ4v) is 2.78. The molecular formula is C19H23N3O. The van der Waals surface area contributed by atoms with Gasteiger partial charge in [-0.25, -0.2) is 4.68 Å². The van der Waals surface area contributed by atoms with Crippen molar-refractivity contribution in [2.75, 3.05) is 13.6 Å². The molecule has 1 aromatic carbocycles. The van der Waals surface area contributed by atoms with Gasteiger partial charge in [0.05, 0.1) is 11.4 Å². The Hall–Kier alpha value is -2.36. The van der Waals surface area contributed by atoms with Crippen LogP contribution in [-0.4, -0.2) is 34.2 Å². The fourth-order valence-electron chi connectivity index (χ4n) is 2.78. The third-order valence-corrected chi connectivity index (χ3v) is 4.35. The number of likely N-dealkylation sites (N-methyl/N-ethyl adjacent to an activating group) is 1. The van der Waals surface area contributed by atoms with Crippen LogP contribution in [0, 0.1) is 19.8 Å². The molecule has 1 amide bonds. The van der Waals surface area contributed by atoms with E-state index in [1.165, 1.54) is 12.8 Å². The number of benzene rings is 1. The number of hydrogen-bond donors (Lipinski definition) is 0. The van der Waals surface area contributed by atoms with Crippen molar-refractivity contribution in [1.29, 1.82) is 0 Å². The summed E-state index contributed by atoms with van der Waals surface area (Å²) >= 11 is 0. The molecule has 0 atom stereocenters. The van der Waals surface area contributed by atoms with E-state index < -0.39 is 0 Å². The summed E-state index contributed by atoms with van der Waals surface area (Å²) in [5, 5.41) is 4.60. The van der Waals surface area contributed by atoms with Crippen molar-refractivity contribution in [2.24, 2.45) is 5.92 Å². The number of aromatic nitrogens is 2. The quantitative estimate of drug-likeness (QED) is 0.794. The zero-order chi connectivity index (χ0) is 16.4. The monoisotopic (exact) mass is 309 g/mol. The fraction of sp³-hybridized carbons (Fsp3) is 0.368. The molecule has 1 fully saturated rings. The Labute approximate surface area is 137 Å². The van der Waals surface area contributed by atoms with Gasteiger partial charge in [0.1, 0.15) is 0 Å². The van der Waals surface area contributed by atoms with Gasteiger partial charge in [0.2, 0.25) is 5.91 Å². The summed E-state index contributed by atoms with van der Waals surface area (Å²) in [5.41, 5.74) is 4.02. The van der Waals surface area contributed by atoms with Crippen molar-refractivity contribution in [3.63, 3.8) is 0 Å². The molecule has 2 aromatic rings. The molecular weight excluding hydrogens is 286 g/mol. The average Bonchev–Trinajstić information content (AvgIpc) is 3.32. The van der Waals surface area contributed by atoms with Gasteiger partial charge in [-0.3, -0.25) is 4.79 Å². The van der Waals surface area contributed by atoms with Gasteiger partial charge in [0, 0.05) is 30.9 Å². The van der Waals surface area contributed by atoms with Crippen LogP contribution in [0.2, 0.25) is 0 Å². The first-order valence-electron chi connectivity index (χ1n) is 8.11. The molecule has 120 valence electrons. The van der Waals surface area contributed by atoms with Crippen molar-refractivity contribution >= 4 is 12.0 Å². The number of hydrogen-bond acceptors (Lipinski definition) is 2. The van der Waals surface area contributed by atoms with E-state index in [1.807, 2.05) is 62.0 Å². The Bertz CT molecular complexity index is 727. The highest BCUT2D eigenvalue weighted by Crippen LogP contribution is 2.29. The molecule has 1 aromatic heterocycles. The van der Waals surface area contributed by atoms with Crippen LogP contribution in [0.1, 0.15) is 29.8 Å². The Morgan fingerprint density at radius 1 is 1.30 bits per heavy atom. The SMILES string of the molecule is Cc1nn(-c2ccccc2)c(C)c1C=CC(=O)N(C)CC1CC1. The van der Waals surface area contributed by atoms with Gasteiger partial charge in [-0.2, -0.15) is 5.10 Å². The van der Waals surface area contributed by atoms with E-state index in [9.17, 15) is 4.79 Å². The van der Waals surface area contributed by atoms with Crippen LogP contribution in [0.15, 0.2) is 36.4 Å². The summed E-state index contributed by atoms with van der Waals surface area (Å²) in [4.78, 5) is 14.0. The summed E-state index contributed by atoms with van der Waals surface area (Å²) in [7, 11) is 1.87. The summed E-state index contributed by atoms with van der Waals surface area (Å²) in [6, 6.07) is 10.0. The number of nitrogens with zero attached hydrogens (tertiary/aromatic N) is 3. The summed E-state index contributed by atoms with van der Waals surface area (Å²) < 4.78 is 1.92. The second kappa shape index (κ2) is 6.41. The van der Waals surface area contributed by atoms with Crippen molar-refractivity contribution < 1.29 is 4.79 Å². The lowest BCUT2D eigenvalue weighted by Gasteiger charge is -2.13. The second-order valence-electron chi connectivity index (χ2n) is 6.33. The van der Waals surface area contributed by atoms with Gasteiger partial charge in [0.15, 0.2) is 0 Å². The molecule has 1 saturated carbocycles. The zero-order valence-electron chi connectivity index (χ0n) is 14.0. The predicted octanol–water partition coefficient (Wildman–Crippen LogP) is 3.37. The van der Waals surface area contributed by atoms with Gasteiger partial charge < -0.3 is 4.90 Å². The number of rotatable bonds is 5. The van der Waals surface area contributed by atoms with Crippen LogP contribution >= 0.6 is 0 Å². The van der Waals surface area contributed by atoms with Gasteiger partial charge in [-0.1, -0.05) is 18.2 Å². The predicted molar refractivity (Wildman–Crippen MR) is 92.4 cm³/mol. The highest BCUT2D eigenvalue weighted by molar-refractivity contribution is 5.92. The van der Waals surface area contributed by atoms with E-state index in [2.05, 4.69) is 5.10 Å². The molecule has 1 aliphatic rings. The minimum absolute atomic E-state index is 0.0585. The normalized spacial score (nSPS) is 14.4. The molecule has 4 nitrogen and oxygen atoms in total. The number of carbonyl (C=O) groups excluding carboxylic acids is 1. The topological polar surface area (TPSA) is 38.1 Å². The average molecular weight is 309 g/mol. The number of aryl methyl sites for hydroxylation is 1. The summed E-state index contributed by atoms with van der Waals surface area (Å²) in [6.45, 7) is 4.87. The Morgan fingerprint density at radius 3 is 2.65 bits per heavy atom. The molecule has 0 spiro atoms. The zero-order valence-corrected chi connectivity index (χ0v) is 14.0. The van der Waals surface area contributed by atoms with Crippen molar-refractivity contribution in [3.05, 3.63) is 53.4 Å². The van der Waals surface area contributed by atoms with Crippen molar-refractivity contribution in [1.82, 2.24) is 14.7 Å². The highest BCUT2D eigenvalue weighted by Gasteiger charge is 2.24. The maximum Gasteiger partial charge on any atom is 0.246 e. The first kappa shape index (κ1) is 15.5. The first-order chi connectivity index (χ1) is 11.1. The Balaban J connectivity index is 1.79. The van der Waals surface area contributed by atoms with Crippen LogP contribution < -0.4 is 0 Å². The molecule has 0 bridgehead atoms. The van der Waals surface area contributed by atoms with E-state index in [0.717, 1.165) is 29.2 Å². The van der Waals surface area contributed by atoms with Crippen LogP contribution in [0.3, 0.4) is 0 Å². The first-order valence-corrected chi connectivity index (χ1v) is 8.11. The molecule has 1 aliphatic carbocycles. The Kier molecular flexibility index (Phi) is 4.33. The molecule has 3 rings (SSSR count). The second-order valence-corrected chi connectivity index (χ2v) is 6.33. The minimum Gasteiger partial charge on any atom is -0.342 e. The molecule has 4 heteroatoms.